The summed E-state index contributed by atoms with van der Waals surface area (Å²) in [5, 5.41) is 11.1. The number of benzene rings is 1. The van der Waals surface area contributed by atoms with Crippen molar-refractivity contribution in [3.63, 3.8) is 0 Å². The highest BCUT2D eigenvalue weighted by molar-refractivity contribution is 5.84. The maximum absolute atomic E-state index is 9.85. The number of carbonyl (C=O) groups excluding carboxylic acids is 2. The summed E-state index contributed by atoms with van der Waals surface area (Å²) in [6.07, 6.45) is 1.74. The van der Waals surface area contributed by atoms with Crippen molar-refractivity contribution in [1.82, 2.24) is 9.88 Å². The molecule has 1 fully saturated rings. The summed E-state index contributed by atoms with van der Waals surface area (Å²) < 4.78 is 0. The van der Waals surface area contributed by atoms with Crippen LogP contribution < -0.4 is 0 Å². The Kier molecular flexibility index (Phi) is 6.76. The van der Waals surface area contributed by atoms with Crippen LogP contribution >= 0.6 is 0 Å². The number of fused-ring (bicyclic) bond motifs is 1. The zero-order valence-corrected chi connectivity index (χ0v) is 15.6. The van der Waals surface area contributed by atoms with Gasteiger partial charge in [0, 0.05) is 43.0 Å². The minimum absolute atomic E-state index is 0.162. The van der Waals surface area contributed by atoms with Crippen LogP contribution in [0.25, 0.3) is 10.9 Å². The molecule has 1 saturated heterocycles. The first kappa shape index (κ1) is 19.9. The second-order valence-corrected chi connectivity index (χ2v) is 6.61. The van der Waals surface area contributed by atoms with Crippen molar-refractivity contribution in [3.05, 3.63) is 35.5 Å². The van der Waals surface area contributed by atoms with Gasteiger partial charge in [-0.3, -0.25) is 0 Å². The van der Waals surface area contributed by atoms with Gasteiger partial charge in [0.1, 0.15) is 0 Å². The van der Waals surface area contributed by atoms with Gasteiger partial charge >= 0.3 is 11.9 Å². The number of aliphatic hydroxyl groups is 1. The van der Waals surface area contributed by atoms with E-state index in [4.69, 9.17) is 0 Å². The molecule has 2 aromatic rings. The molecule has 1 aliphatic heterocycles. The number of rotatable bonds is 2. The van der Waals surface area contributed by atoms with Gasteiger partial charge in [0.25, 0.3) is 0 Å². The molecule has 0 aliphatic carbocycles. The fraction of sp³-hybridized carbons (Fsp3) is 0.474. The third-order valence-electron chi connectivity index (χ3n) is 4.41. The minimum atomic E-state index is -0.639. The lowest BCUT2D eigenvalue weighted by Crippen LogP contribution is -2.27. The predicted octanol–water partition coefficient (Wildman–Crippen LogP) is 2.11. The van der Waals surface area contributed by atoms with Crippen molar-refractivity contribution in [2.24, 2.45) is 0 Å². The lowest BCUT2D eigenvalue weighted by molar-refractivity contribution is -0.255. The standard InChI is InChI=1S/C15H20N2O.C4H6O4/c1-10-14(8-11-7-12(18)9-17(11)2)13-5-3-4-6-15(13)16-10;1-3(5)7-8-4(2)6/h3-6,11-12,16,18H,7-9H2,1-2H3;1-2H3/t11-,12-;/m1./s1. The summed E-state index contributed by atoms with van der Waals surface area (Å²) in [5.74, 6) is -1.28. The maximum atomic E-state index is 9.85. The van der Waals surface area contributed by atoms with Gasteiger partial charge in [0.05, 0.1) is 6.10 Å². The van der Waals surface area contributed by atoms with E-state index in [0.29, 0.717) is 6.04 Å². The Morgan fingerprint density at radius 3 is 2.38 bits per heavy atom. The molecule has 2 N–H and O–H groups in total. The number of nitrogens with one attached hydrogen (secondary N) is 1. The molecule has 142 valence electrons. The number of carbonyl (C=O) groups is 2. The first-order valence-corrected chi connectivity index (χ1v) is 8.58. The van der Waals surface area contributed by atoms with Crippen LogP contribution in [0.15, 0.2) is 24.3 Å². The molecular weight excluding hydrogens is 336 g/mol. The highest BCUT2D eigenvalue weighted by Gasteiger charge is 2.29. The molecule has 7 heteroatoms. The van der Waals surface area contributed by atoms with E-state index in [-0.39, 0.29) is 6.10 Å². The minimum Gasteiger partial charge on any atom is -0.392 e. The molecule has 0 bridgehead atoms. The third kappa shape index (κ3) is 5.31. The zero-order valence-electron chi connectivity index (χ0n) is 15.6. The molecule has 1 aromatic carbocycles. The number of aromatic amines is 1. The van der Waals surface area contributed by atoms with Crippen LogP contribution in [0.2, 0.25) is 0 Å². The fourth-order valence-electron chi connectivity index (χ4n) is 3.24. The molecule has 2 atom stereocenters. The second kappa shape index (κ2) is 8.82. The van der Waals surface area contributed by atoms with Gasteiger partial charge in [0.15, 0.2) is 0 Å². The Bertz CT molecular complexity index is 756. The van der Waals surface area contributed by atoms with Crippen molar-refractivity contribution in [2.75, 3.05) is 13.6 Å². The van der Waals surface area contributed by atoms with E-state index in [1.807, 2.05) is 0 Å². The molecule has 1 aromatic heterocycles. The number of β-amino-alcohol motifs (C(OH)–C–C–N with tert-alkyl or cyclic N) is 1. The lowest BCUT2D eigenvalue weighted by Gasteiger charge is -2.18. The number of H-pyrrole nitrogens is 1. The zero-order chi connectivity index (χ0) is 19.3. The normalized spacial score (nSPS) is 19.7. The number of hydrogen-bond donors (Lipinski definition) is 2. The molecule has 0 spiro atoms. The quantitative estimate of drug-likeness (QED) is 0.628. The smallest absolute Gasteiger partial charge is 0.352 e. The average Bonchev–Trinajstić information content (AvgIpc) is 3.05. The van der Waals surface area contributed by atoms with Crippen LogP contribution in [0.3, 0.4) is 0 Å². The molecule has 1 aliphatic rings. The monoisotopic (exact) mass is 362 g/mol. The Morgan fingerprint density at radius 1 is 1.23 bits per heavy atom. The molecule has 0 amide bonds. The Morgan fingerprint density at radius 2 is 1.85 bits per heavy atom. The van der Waals surface area contributed by atoms with E-state index >= 15 is 0 Å². The summed E-state index contributed by atoms with van der Waals surface area (Å²) in [6.45, 7) is 5.22. The van der Waals surface area contributed by atoms with Gasteiger partial charge in [-0.05, 0) is 38.4 Å². The maximum Gasteiger partial charge on any atom is 0.352 e. The summed E-state index contributed by atoms with van der Waals surface area (Å²) in [6, 6.07) is 8.91. The summed E-state index contributed by atoms with van der Waals surface area (Å²) in [5.41, 5.74) is 3.87. The number of aryl methyl sites for hydroxylation is 1. The number of hydrogen-bond acceptors (Lipinski definition) is 6. The van der Waals surface area contributed by atoms with Crippen LogP contribution in [-0.4, -0.2) is 52.7 Å². The van der Waals surface area contributed by atoms with E-state index in [2.05, 4.69) is 57.9 Å². The Labute approximate surface area is 152 Å². The van der Waals surface area contributed by atoms with Crippen LogP contribution in [0, 0.1) is 6.92 Å². The van der Waals surface area contributed by atoms with E-state index in [9.17, 15) is 14.7 Å². The summed E-state index contributed by atoms with van der Waals surface area (Å²) in [4.78, 5) is 33.0. The topological polar surface area (TPSA) is 91.9 Å². The molecule has 0 radical (unpaired) electrons. The van der Waals surface area contributed by atoms with Crippen LogP contribution in [0.4, 0.5) is 0 Å². The largest absolute Gasteiger partial charge is 0.392 e. The van der Waals surface area contributed by atoms with Crippen LogP contribution in [0.1, 0.15) is 31.5 Å². The number of aliphatic hydroxyl groups excluding tert-OH is 1. The van der Waals surface area contributed by atoms with Gasteiger partial charge in [-0.2, -0.15) is 0 Å². The summed E-state index contributed by atoms with van der Waals surface area (Å²) >= 11 is 0. The fourth-order valence-corrected chi connectivity index (χ4v) is 3.24. The van der Waals surface area contributed by atoms with E-state index in [1.54, 1.807) is 0 Å². The van der Waals surface area contributed by atoms with E-state index < -0.39 is 11.9 Å². The third-order valence-corrected chi connectivity index (χ3v) is 4.41. The molecule has 3 rings (SSSR count). The highest BCUT2D eigenvalue weighted by Crippen LogP contribution is 2.27. The van der Waals surface area contributed by atoms with Crippen LogP contribution in [0.5, 0.6) is 0 Å². The van der Waals surface area contributed by atoms with Gasteiger partial charge in [-0.15, -0.1) is 0 Å². The van der Waals surface area contributed by atoms with E-state index in [1.165, 1.54) is 22.2 Å². The van der Waals surface area contributed by atoms with Crippen molar-refractivity contribution in [1.29, 1.82) is 0 Å². The molecule has 0 unspecified atom stereocenters. The van der Waals surface area contributed by atoms with Gasteiger partial charge < -0.3 is 15.0 Å². The number of likely N-dealkylation sites (tertiary alicyclic amines) is 1. The number of likely N-dealkylation sites (N-methyl/N-ethyl adjacent to an activating group) is 1. The van der Waals surface area contributed by atoms with Gasteiger partial charge in [-0.25, -0.2) is 19.4 Å². The van der Waals surface area contributed by atoms with Crippen LogP contribution in [-0.2, 0) is 25.8 Å². The lowest BCUT2D eigenvalue weighted by atomic mass is 10.0. The van der Waals surface area contributed by atoms with E-state index in [0.717, 1.165) is 33.2 Å². The van der Waals surface area contributed by atoms with Crippen molar-refractivity contribution < 1.29 is 24.5 Å². The molecular formula is C19H26N2O5. The first-order valence-electron chi connectivity index (χ1n) is 8.58. The molecule has 0 saturated carbocycles. The van der Waals surface area contributed by atoms with Crippen molar-refractivity contribution in [2.45, 2.75) is 45.8 Å². The predicted molar refractivity (Wildman–Crippen MR) is 97.3 cm³/mol. The van der Waals surface area contributed by atoms with Gasteiger partial charge in [0.2, 0.25) is 0 Å². The molecule has 2 heterocycles. The first-order chi connectivity index (χ1) is 12.3. The average molecular weight is 362 g/mol. The van der Waals surface area contributed by atoms with Crippen molar-refractivity contribution >= 4 is 22.8 Å². The summed E-state index contributed by atoms with van der Waals surface area (Å²) in [7, 11) is 2.10. The van der Waals surface area contributed by atoms with Crippen molar-refractivity contribution in [3.8, 4) is 0 Å². The molecule has 7 nitrogen and oxygen atoms in total. The number of aromatic nitrogens is 1. The second-order valence-electron chi connectivity index (χ2n) is 6.61. The number of nitrogens with zero attached hydrogens (tertiary/aromatic N) is 1. The SMILES string of the molecule is CC(=O)OOC(C)=O.Cc1[nH]c2ccccc2c1C[C@H]1C[C@@H](O)CN1C. The van der Waals surface area contributed by atoms with Gasteiger partial charge in [-0.1, -0.05) is 18.2 Å². The Balaban J connectivity index is 0.000000260. The highest BCUT2D eigenvalue weighted by atomic mass is 17.2. The number of para-hydroxylation sites is 1. The molecule has 26 heavy (non-hydrogen) atoms. The Hall–Kier alpha value is -2.38.